The maximum atomic E-state index is 14.2. The first-order valence-corrected chi connectivity index (χ1v) is 14.7. The first-order chi connectivity index (χ1) is 20.3. The number of nitrogens with two attached hydrogens (primary N) is 1. The summed E-state index contributed by atoms with van der Waals surface area (Å²) >= 11 is 6.10. The van der Waals surface area contributed by atoms with Gasteiger partial charge >= 0.3 is 0 Å². The number of carbonyl (C=O) groups excluding carboxylic acids is 3. The van der Waals surface area contributed by atoms with Gasteiger partial charge in [0.15, 0.2) is 0 Å². The van der Waals surface area contributed by atoms with Crippen LogP contribution in [0.1, 0.15) is 35.1 Å². The summed E-state index contributed by atoms with van der Waals surface area (Å²) < 4.78 is 0. The minimum Gasteiger partial charge on any atom is -0.344 e. The summed E-state index contributed by atoms with van der Waals surface area (Å²) in [5.41, 5.74) is 9.66. The molecule has 2 atom stereocenters. The van der Waals surface area contributed by atoms with Crippen LogP contribution in [0.2, 0.25) is 5.02 Å². The number of nitrogens with zero attached hydrogens (tertiary/aromatic N) is 3. The van der Waals surface area contributed by atoms with E-state index in [1.807, 2.05) is 66.7 Å². The zero-order valence-electron chi connectivity index (χ0n) is 23.8. The van der Waals surface area contributed by atoms with Crippen molar-refractivity contribution in [2.45, 2.75) is 44.7 Å². The molecule has 2 heterocycles. The lowest BCUT2D eigenvalue weighted by Gasteiger charge is -2.40. The molecule has 42 heavy (non-hydrogen) atoms. The fraction of sp³-hybridized carbons (Fsp3) is 0.333. The van der Waals surface area contributed by atoms with Crippen molar-refractivity contribution in [3.63, 3.8) is 0 Å². The molecule has 5 rings (SSSR count). The molecule has 1 unspecified atom stereocenters. The van der Waals surface area contributed by atoms with E-state index in [4.69, 9.17) is 17.3 Å². The Morgan fingerprint density at radius 2 is 1.69 bits per heavy atom. The second kappa shape index (κ2) is 12.9. The third-order valence-corrected chi connectivity index (χ3v) is 8.46. The maximum Gasteiger partial charge on any atom is 0.256 e. The third kappa shape index (κ3) is 6.40. The molecule has 0 saturated carbocycles. The molecule has 0 aromatic heterocycles. The Morgan fingerprint density at radius 1 is 1.00 bits per heavy atom. The number of aryl methyl sites for hydroxylation is 1. The lowest BCUT2D eigenvalue weighted by atomic mass is 9.73. The molecule has 3 aromatic carbocycles. The van der Waals surface area contributed by atoms with E-state index < -0.39 is 11.5 Å². The molecular formula is C33H36ClN5O3. The van der Waals surface area contributed by atoms with Gasteiger partial charge in [-0.15, -0.1) is 0 Å². The van der Waals surface area contributed by atoms with Crippen molar-refractivity contribution >= 4 is 35.0 Å². The average molecular weight is 586 g/mol. The molecule has 0 aliphatic carbocycles. The minimum atomic E-state index is -0.926. The molecule has 1 saturated heterocycles. The van der Waals surface area contributed by atoms with Crippen LogP contribution in [0.25, 0.3) is 0 Å². The van der Waals surface area contributed by atoms with Gasteiger partial charge in [0, 0.05) is 51.0 Å². The van der Waals surface area contributed by atoms with E-state index >= 15 is 0 Å². The summed E-state index contributed by atoms with van der Waals surface area (Å²) in [5.74, 6) is -0.547. The minimum absolute atomic E-state index is 0.115. The van der Waals surface area contributed by atoms with Crippen LogP contribution in [0.15, 0.2) is 84.0 Å². The largest absolute Gasteiger partial charge is 0.344 e. The number of benzene rings is 3. The van der Waals surface area contributed by atoms with Gasteiger partial charge in [0.25, 0.3) is 5.91 Å². The third-order valence-electron chi connectivity index (χ3n) is 8.21. The summed E-state index contributed by atoms with van der Waals surface area (Å²) in [6.45, 7) is 1.03. The molecule has 3 aromatic rings. The van der Waals surface area contributed by atoms with Crippen LogP contribution in [0.3, 0.4) is 0 Å². The summed E-state index contributed by atoms with van der Waals surface area (Å²) in [6.07, 6.45) is 1.99. The average Bonchev–Trinajstić information content (AvgIpc) is 3.25. The van der Waals surface area contributed by atoms with Gasteiger partial charge in [-0.2, -0.15) is 5.10 Å². The Morgan fingerprint density at radius 3 is 2.40 bits per heavy atom. The highest BCUT2D eigenvalue weighted by Gasteiger charge is 2.53. The van der Waals surface area contributed by atoms with E-state index in [0.29, 0.717) is 43.8 Å². The Labute approximate surface area is 251 Å². The molecule has 1 fully saturated rings. The fourth-order valence-electron chi connectivity index (χ4n) is 6.01. The van der Waals surface area contributed by atoms with E-state index in [1.54, 1.807) is 24.1 Å². The van der Waals surface area contributed by atoms with Gasteiger partial charge < -0.3 is 16.0 Å². The number of hydrogen-bond donors (Lipinski definition) is 2. The molecular weight excluding hydrogens is 550 g/mol. The second-order valence-electron chi connectivity index (χ2n) is 11.1. The zero-order valence-corrected chi connectivity index (χ0v) is 24.5. The molecule has 2 aliphatic rings. The van der Waals surface area contributed by atoms with Gasteiger partial charge in [0.2, 0.25) is 11.8 Å². The number of likely N-dealkylation sites (tertiary alicyclic amines) is 1. The van der Waals surface area contributed by atoms with Gasteiger partial charge in [-0.1, -0.05) is 78.3 Å². The lowest BCUT2D eigenvalue weighted by Crippen LogP contribution is -2.59. The molecule has 218 valence electrons. The van der Waals surface area contributed by atoms with Crippen molar-refractivity contribution < 1.29 is 14.4 Å². The molecule has 2 aliphatic heterocycles. The number of rotatable bonds is 10. The van der Waals surface area contributed by atoms with Gasteiger partial charge in [-0.05, 0) is 47.2 Å². The smallest absolute Gasteiger partial charge is 0.256 e. The van der Waals surface area contributed by atoms with Crippen molar-refractivity contribution in [2.24, 2.45) is 16.3 Å². The topological polar surface area (TPSA) is 108 Å². The number of amides is 3. The van der Waals surface area contributed by atoms with E-state index in [2.05, 4.69) is 10.4 Å². The number of nitrogens with one attached hydrogen (secondary N) is 1. The van der Waals surface area contributed by atoms with Crippen molar-refractivity contribution in [3.8, 4) is 0 Å². The van der Waals surface area contributed by atoms with Gasteiger partial charge in [0.1, 0.15) is 11.5 Å². The predicted molar refractivity (Wildman–Crippen MR) is 164 cm³/mol. The molecule has 9 heteroatoms. The SMILES string of the molecule is CN1N=C2CCN(C(=O)[C@@H](Cc3ccc(Cl)cc3)NC(=O)CCc3ccccc3CN)CC2(Cc2ccccc2)C1=O. The van der Waals surface area contributed by atoms with Gasteiger partial charge in [0.05, 0.1) is 5.71 Å². The fourth-order valence-corrected chi connectivity index (χ4v) is 6.13. The summed E-state index contributed by atoms with van der Waals surface area (Å²) in [6, 6.07) is 24.1. The van der Waals surface area contributed by atoms with Crippen LogP contribution in [0, 0.1) is 5.41 Å². The molecule has 0 spiro atoms. The van der Waals surface area contributed by atoms with Crippen LogP contribution in [-0.4, -0.2) is 59.5 Å². The van der Waals surface area contributed by atoms with Crippen molar-refractivity contribution in [1.29, 1.82) is 0 Å². The number of halogens is 1. The van der Waals surface area contributed by atoms with Crippen LogP contribution in [0.4, 0.5) is 0 Å². The predicted octanol–water partition coefficient (Wildman–Crippen LogP) is 3.75. The normalized spacial score (nSPS) is 18.8. The zero-order chi connectivity index (χ0) is 29.7. The number of piperidine rings is 1. The highest BCUT2D eigenvalue weighted by atomic mass is 35.5. The van der Waals surface area contributed by atoms with Crippen LogP contribution in [-0.2, 0) is 40.2 Å². The number of hydrogen-bond acceptors (Lipinski definition) is 5. The van der Waals surface area contributed by atoms with E-state index in [-0.39, 0.29) is 30.7 Å². The monoisotopic (exact) mass is 585 g/mol. The molecule has 3 amide bonds. The van der Waals surface area contributed by atoms with E-state index in [1.165, 1.54) is 5.01 Å². The van der Waals surface area contributed by atoms with Crippen LogP contribution < -0.4 is 11.1 Å². The number of carbonyl (C=O) groups is 3. The summed E-state index contributed by atoms with van der Waals surface area (Å²) in [5, 5.41) is 9.57. The first kappa shape index (κ1) is 29.5. The van der Waals surface area contributed by atoms with Crippen molar-refractivity contribution in [2.75, 3.05) is 20.1 Å². The first-order valence-electron chi connectivity index (χ1n) is 14.3. The molecule has 0 bridgehead atoms. The van der Waals surface area contributed by atoms with Crippen molar-refractivity contribution in [1.82, 2.24) is 15.2 Å². The number of hydrazone groups is 1. The Balaban J connectivity index is 1.36. The van der Waals surface area contributed by atoms with Crippen LogP contribution >= 0.6 is 11.6 Å². The molecule has 0 radical (unpaired) electrons. The van der Waals surface area contributed by atoms with E-state index in [0.717, 1.165) is 28.0 Å². The maximum absolute atomic E-state index is 14.2. The highest BCUT2D eigenvalue weighted by molar-refractivity contribution is 6.30. The van der Waals surface area contributed by atoms with Gasteiger partial charge in [-0.25, -0.2) is 5.01 Å². The highest BCUT2D eigenvalue weighted by Crippen LogP contribution is 2.38. The summed E-state index contributed by atoms with van der Waals surface area (Å²) in [7, 11) is 1.67. The summed E-state index contributed by atoms with van der Waals surface area (Å²) in [4.78, 5) is 42.7. The molecule has 3 N–H and O–H groups in total. The van der Waals surface area contributed by atoms with Crippen molar-refractivity contribution in [3.05, 3.63) is 106 Å². The van der Waals surface area contributed by atoms with E-state index in [9.17, 15) is 14.4 Å². The quantitative estimate of drug-likeness (QED) is 0.378. The number of fused-ring (bicyclic) bond motifs is 1. The Hall–Kier alpha value is -4.01. The standard InChI is InChI=1S/C33H36ClN5O3/c1-38-32(42)33(20-24-7-3-2-4-8-24)22-39(18-17-29(33)37-38)31(41)28(19-23-11-14-27(34)15-12-23)36-30(40)16-13-25-9-5-6-10-26(25)21-35/h2-12,14-15,28H,13,16-22,35H2,1H3,(H,36,40)/t28-,33?/m1/s1. The second-order valence-corrected chi connectivity index (χ2v) is 11.5. The Kier molecular flexibility index (Phi) is 9.04. The Bertz CT molecular complexity index is 1480. The molecule has 8 nitrogen and oxygen atoms in total. The van der Waals surface area contributed by atoms with Gasteiger partial charge in [-0.3, -0.25) is 14.4 Å². The van der Waals surface area contributed by atoms with Crippen LogP contribution in [0.5, 0.6) is 0 Å². The lowest BCUT2D eigenvalue weighted by molar-refractivity contribution is -0.142.